The summed E-state index contributed by atoms with van der Waals surface area (Å²) in [6.45, 7) is 5.83. The highest BCUT2D eigenvalue weighted by molar-refractivity contribution is 14.1. The van der Waals surface area contributed by atoms with Gasteiger partial charge in [0.2, 0.25) is 0 Å². The molecule has 0 saturated carbocycles. The fraction of sp³-hybridized carbons (Fsp3) is 0.294. The van der Waals surface area contributed by atoms with Crippen molar-refractivity contribution in [3.05, 3.63) is 63.2 Å². The van der Waals surface area contributed by atoms with E-state index in [1.165, 1.54) is 14.7 Å². The Bertz CT molecular complexity index is 537. The fourth-order valence-corrected chi connectivity index (χ4v) is 2.31. The van der Waals surface area contributed by atoms with E-state index >= 15 is 0 Å². The summed E-state index contributed by atoms with van der Waals surface area (Å²) in [7, 11) is 0. The Morgan fingerprint density at radius 1 is 1.05 bits per heavy atom. The maximum absolute atomic E-state index is 5.79. The first-order chi connectivity index (χ1) is 9.63. The minimum Gasteiger partial charge on any atom is -0.489 e. The predicted molar refractivity (Wildman–Crippen MR) is 91.9 cm³/mol. The summed E-state index contributed by atoms with van der Waals surface area (Å²) in [5.74, 6) is 0.919. The highest BCUT2D eigenvalue weighted by Crippen LogP contribution is 2.16. The van der Waals surface area contributed by atoms with Crippen LogP contribution in [0.3, 0.4) is 0 Å². The topological polar surface area (TPSA) is 21.3 Å². The van der Waals surface area contributed by atoms with Gasteiger partial charge in [-0.2, -0.15) is 0 Å². The summed E-state index contributed by atoms with van der Waals surface area (Å²) in [5.41, 5.74) is 2.49. The lowest BCUT2D eigenvalue weighted by molar-refractivity contribution is 0.306. The molecule has 0 unspecified atom stereocenters. The van der Waals surface area contributed by atoms with Gasteiger partial charge in [0.15, 0.2) is 0 Å². The van der Waals surface area contributed by atoms with Crippen LogP contribution >= 0.6 is 22.6 Å². The van der Waals surface area contributed by atoms with Crippen molar-refractivity contribution in [2.75, 3.05) is 0 Å². The first-order valence-electron chi connectivity index (χ1n) is 6.83. The van der Waals surface area contributed by atoms with Crippen LogP contribution in [0.5, 0.6) is 5.75 Å². The number of ether oxygens (including phenoxy) is 1. The molecule has 0 aliphatic heterocycles. The van der Waals surface area contributed by atoms with Crippen LogP contribution < -0.4 is 10.1 Å². The molecule has 0 aliphatic carbocycles. The molecule has 0 aromatic heterocycles. The van der Waals surface area contributed by atoms with Gasteiger partial charge in [-0.25, -0.2) is 0 Å². The second-order valence-corrected chi connectivity index (χ2v) is 6.34. The van der Waals surface area contributed by atoms with Gasteiger partial charge >= 0.3 is 0 Å². The van der Waals surface area contributed by atoms with E-state index < -0.39 is 0 Å². The van der Waals surface area contributed by atoms with E-state index in [0.717, 1.165) is 12.3 Å². The van der Waals surface area contributed by atoms with E-state index in [1.807, 2.05) is 18.2 Å². The van der Waals surface area contributed by atoms with Crippen LogP contribution in [-0.4, -0.2) is 6.04 Å². The Balaban J connectivity index is 1.87. The summed E-state index contributed by atoms with van der Waals surface area (Å²) < 4.78 is 6.98. The Hall–Kier alpha value is -1.07. The molecule has 0 amide bonds. The standard InChI is InChI=1S/C17H20INO/c1-13(2)19-11-14-6-8-15(9-7-14)12-20-17-5-3-4-16(18)10-17/h3-10,13,19H,11-12H2,1-2H3. The molecular formula is C17H20INO. The average molecular weight is 381 g/mol. The Morgan fingerprint density at radius 2 is 1.75 bits per heavy atom. The lowest BCUT2D eigenvalue weighted by Crippen LogP contribution is -2.21. The van der Waals surface area contributed by atoms with Gasteiger partial charge in [0.1, 0.15) is 12.4 Å². The summed E-state index contributed by atoms with van der Waals surface area (Å²) in [4.78, 5) is 0. The predicted octanol–water partition coefficient (Wildman–Crippen LogP) is 4.37. The number of halogens is 1. The summed E-state index contributed by atoms with van der Waals surface area (Å²) >= 11 is 2.29. The van der Waals surface area contributed by atoms with Crippen LogP contribution in [0.4, 0.5) is 0 Å². The molecule has 0 heterocycles. The molecule has 0 atom stereocenters. The molecule has 1 N–H and O–H groups in total. The minimum atomic E-state index is 0.513. The second kappa shape index (κ2) is 7.64. The van der Waals surface area contributed by atoms with Gasteiger partial charge in [-0.15, -0.1) is 0 Å². The first kappa shape index (κ1) is 15.3. The Morgan fingerprint density at radius 3 is 2.40 bits per heavy atom. The van der Waals surface area contributed by atoms with Crippen molar-refractivity contribution in [2.24, 2.45) is 0 Å². The molecule has 0 bridgehead atoms. The molecule has 0 radical (unpaired) electrons. The third kappa shape index (κ3) is 5.13. The smallest absolute Gasteiger partial charge is 0.120 e. The maximum Gasteiger partial charge on any atom is 0.120 e. The maximum atomic E-state index is 5.79. The fourth-order valence-electron chi connectivity index (χ4n) is 1.80. The van der Waals surface area contributed by atoms with Gasteiger partial charge in [0.25, 0.3) is 0 Å². The van der Waals surface area contributed by atoms with E-state index in [4.69, 9.17) is 4.74 Å². The van der Waals surface area contributed by atoms with Gasteiger partial charge in [-0.1, -0.05) is 44.2 Å². The van der Waals surface area contributed by atoms with Gasteiger partial charge in [-0.3, -0.25) is 0 Å². The minimum absolute atomic E-state index is 0.513. The largest absolute Gasteiger partial charge is 0.489 e. The third-order valence-electron chi connectivity index (χ3n) is 2.94. The molecule has 0 spiro atoms. The molecule has 3 heteroatoms. The second-order valence-electron chi connectivity index (χ2n) is 5.10. The van der Waals surface area contributed by atoms with Gasteiger partial charge in [0, 0.05) is 16.2 Å². The Labute approximate surface area is 134 Å². The van der Waals surface area contributed by atoms with Crippen molar-refractivity contribution in [3.63, 3.8) is 0 Å². The number of rotatable bonds is 6. The Kier molecular flexibility index (Phi) is 5.86. The molecule has 2 aromatic rings. The quantitative estimate of drug-likeness (QED) is 0.751. The van der Waals surface area contributed by atoms with E-state index in [2.05, 4.69) is 72.1 Å². The number of benzene rings is 2. The molecule has 0 fully saturated rings. The van der Waals surface area contributed by atoms with E-state index in [9.17, 15) is 0 Å². The third-order valence-corrected chi connectivity index (χ3v) is 3.61. The van der Waals surface area contributed by atoms with Crippen molar-refractivity contribution in [3.8, 4) is 5.75 Å². The number of hydrogen-bond donors (Lipinski definition) is 1. The van der Waals surface area contributed by atoms with E-state index in [1.54, 1.807) is 0 Å². The van der Waals surface area contributed by atoms with Crippen molar-refractivity contribution >= 4 is 22.6 Å². The van der Waals surface area contributed by atoms with Crippen molar-refractivity contribution < 1.29 is 4.74 Å². The zero-order valence-corrected chi connectivity index (χ0v) is 14.1. The SMILES string of the molecule is CC(C)NCc1ccc(COc2cccc(I)c2)cc1. The lowest BCUT2D eigenvalue weighted by atomic mass is 10.1. The molecule has 0 saturated heterocycles. The summed E-state index contributed by atoms with van der Waals surface area (Å²) in [5, 5.41) is 3.41. The van der Waals surface area contributed by atoms with Crippen LogP contribution in [0.25, 0.3) is 0 Å². The highest BCUT2D eigenvalue weighted by Gasteiger charge is 1.99. The highest BCUT2D eigenvalue weighted by atomic mass is 127. The van der Waals surface area contributed by atoms with Crippen LogP contribution in [0.1, 0.15) is 25.0 Å². The molecule has 106 valence electrons. The van der Waals surface area contributed by atoms with Crippen molar-refractivity contribution in [1.29, 1.82) is 0 Å². The number of nitrogens with one attached hydrogen (secondary N) is 1. The molecule has 0 aliphatic rings. The van der Waals surface area contributed by atoms with Crippen LogP contribution in [-0.2, 0) is 13.2 Å². The summed E-state index contributed by atoms with van der Waals surface area (Å²) in [6.07, 6.45) is 0. The molecule has 2 rings (SSSR count). The first-order valence-corrected chi connectivity index (χ1v) is 7.91. The lowest BCUT2D eigenvalue weighted by Gasteiger charge is -2.09. The van der Waals surface area contributed by atoms with Gasteiger partial charge in [0.05, 0.1) is 0 Å². The van der Waals surface area contributed by atoms with Crippen molar-refractivity contribution in [2.45, 2.75) is 33.0 Å². The molecule has 2 aromatic carbocycles. The van der Waals surface area contributed by atoms with Crippen LogP contribution in [0.2, 0.25) is 0 Å². The van der Waals surface area contributed by atoms with E-state index in [-0.39, 0.29) is 0 Å². The van der Waals surface area contributed by atoms with Crippen LogP contribution in [0, 0.1) is 3.57 Å². The van der Waals surface area contributed by atoms with Crippen LogP contribution in [0.15, 0.2) is 48.5 Å². The molecular weight excluding hydrogens is 361 g/mol. The average Bonchev–Trinajstić information content (AvgIpc) is 2.44. The zero-order valence-electron chi connectivity index (χ0n) is 11.9. The number of hydrogen-bond acceptors (Lipinski definition) is 2. The zero-order chi connectivity index (χ0) is 14.4. The normalized spacial score (nSPS) is 10.8. The molecule has 20 heavy (non-hydrogen) atoms. The van der Waals surface area contributed by atoms with Gasteiger partial charge in [-0.05, 0) is 51.9 Å². The van der Waals surface area contributed by atoms with Crippen molar-refractivity contribution in [1.82, 2.24) is 5.32 Å². The molecule has 2 nitrogen and oxygen atoms in total. The summed E-state index contributed by atoms with van der Waals surface area (Å²) in [6, 6.07) is 17.2. The van der Waals surface area contributed by atoms with E-state index in [0.29, 0.717) is 12.6 Å². The van der Waals surface area contributed by atoms with Gasteiger partial charge < -0.3 is 10.1 Å². The monoisotopic (exact) mass is 381 g/mol.